The summed E-state index contributed by atoms with van der Waals surface area (Å²) >= 11 is 5.64. The molecule has 2 unspecified atom stereocenters. The van der Waals surface area contributed by atoms with E-state index in [0.29, 0.717) is 0 Å². The average molecular weight is 268 g/mol. The molecular formula is C12H10ClNO4. The van der Waals surface area contributed by atoms with E-state index in [9.17, 15) is 14.7 Å². The number of carbonyl (C=O) groups is 2. The van der Waals surface area contributed by atoms with Crippen molar-refractivity contribution in [1.29, 1.82) is 5.26 Å². The van der Waals surface area contributed by atoms with Gasteiger partial charge >= 0.3 is 5.97 Å². The van der Waals surface area contributed by atoms with Crippen molar-refractivity contribution in [2.75, 3.05) is 0 Å². The van der Waals surface area contributed by atoms with Crippen molar-refractivity contribution in [3.63, 3.8) is 0 Å². The molecule has 2 N–H and O–H groups in total. The van der Waals surface area contributed by atoms with E-state index < -0.39 is 17.5 Å². The van der Waals surface area contributed by atoms with E-state index in [-0.39, 0.29) is 22.5 Å². The predicted octanol–water partition coefficient (Wildman–Crippen LogP) is 1.49. The first kappa shape index (κ1) is 14.2. The number of Topliss-reactive ketones (excluding diaryl/α,β-unsaturated/α-hetero) is 1. The molecule has 1 rings (SSSR count). The van der Waals surface area contributed by atoms with Gasteiger partial charge in [-0.25, -0.2) is 4.79 Å². The van der Waals surface area contributed by atoms with Gasteiger partial charge in [0.2, 0.25) is 0 Å². The lowest BCUT2D eigenvalue weighted by Crippen LogP contribution is -2.14. The number of nitriles is 1. The first-order valence-electron chi connectivity index (χ1n) is 5.01. The SMILES string of the molecule is CC(Cl)C(=O)c1ccc(C(O)C(=O)O)c(C#N)c1. The van der Waals surface area contributed by atoms with Gasteiger partial charge in [-0.3, -0.25) is 4.79 Å². The molecule has 6 heteroatoms. The summed E-state index contributed by atoms with van der Waals surface area (Å²) in [5.41, 5.74) is 0.0900. The van der Waals surface area contributed by atoms with Crippen LogP contribution < -0.4 is 0 Å². The fourth-order valence-corrected chi connectivity index (χ4v) is 1.53. The van der Waals surface area contributed by atoms with Crippen LogP contribution in [0.3, 0.4) is 0 Å². The number of hydrogen-bond donors (Lipinski definition) is 2. The van der Waals surface area contributed by atoms with Gasteiger partial charge in [-0.05, 0) is 13.0 Å². The van der Waals surface area contributed by atoms with Gasteiger partial charge in [0.15, 0.2) is 11.9 Å². The highest BCUT2D eigenvalue weighted by atomic mass is 35.5. The molecule has 0 amide bonds. The van der Waals surface area contributed by atoms with Gasteiger partial charge in [-0.15, -0.1) is 11.6 Å². The molecule has 0 aromatic heterocycles. The number of rotatable bonds is 4. The topological polar surface area (TPSA) is 98.4 Å². The summed E-state index contributed by atoms with van der Waals surface area (Å²) in [7, 11) is 0. The normalized spacial score (nSPS) is 13.4. The Morgan fingerprint density at radius 3 is 2.50 bits per heavy atom. The zero-order chi connectivity index (χ0) is 13.9. The van der Waals surface area contributed by atoms with Gasteiger partial charge in [-0.2, -0.15) is 5.26 Å². The summed E-state index contributed by atoms with van der Waals surface area (Å²) in [4.78, 5) is 22.3. The summed E-state index contributed by atoms with van der Waals surface area (Å²) in [5.74, 6) is -1.83. The number of aliphatic hydroxyl groups is 1. The third-order valence-electron chi connectivity index (χ3n) is 2.35. The summed E-state index contributed by atoms with van der Waals surface area (Å²) < 4.78 is 0. The second-order valence-corrected chi connectivity index (χ2v) is 4.29. The van der Waals surface area contributed by atoms with E-state index in [1.165, 1.54) is 25.1 Å². The van der Waals surface area contributed by atoms with Crippen molar-refractivity contribution in [2.45, 2.75) is 18.4 Å². The van der Waals surface area contributed by atoms with Crippen LogP contribution in [0.15, 0.2) is 18.2 Å². The van der Waals surface area contributed by atoms with Crippen molar-refractivity contribution in [2.24, 2.45) is 0 Å². The number of nitrogens with zero attached hydrogens (tertiary/aromatic N) is 1. The van der Waals surface area contributed by atoms with Gasteiger partial charge in [0, 0.05) is 11.1 Å². The largest absolute Gasteiger partial charge is 0.479 e. The molecule has 0 fully saturated rings. The molecule has 5 nitrogen and oxygen atoms in total. The monoisotopic (exact) mass is 267 g/mol. The molecule has 1 aromatic rings. The molecular weight excluding hydrogens is 258 g/mol. The number of aliphatic carboxylic acids is 1. The standard InChI is InChI=1S/C12H10ClNO4/c1-6(13)10(15)7-2-3-9(8(4-7)5-14)11(16)12(17)18/h2-4,6,11,16H,1H3,(H,17,18). The highest BCUT2D eigenvalue weighted by Crippen LogP contribution is 2.20. The number of alkyl halides is 1. The lowest BCUT2D eigenvalue weighted by atomic mass is 9.98. The molecule has 0 saturated carbocycles. The number of aliphatic hydroxyl groups excluding tert-OH is 1. The number of halogens is 1. The molecule has 0 saturated heterocycles. The Bertz CT molecular complexity index is 533. The minimum absolute atomic E-state index is 0.0521. The Morgan fingerprint density at radius 1 is 1.44 bits per heavy atom. The van der Waals surface area contributed by atoms with Crippen LogP contribution in [-0.4, -0.2) is 27.3 Å². The average Bonchev–Trinajstić information content (AvgIpc) is 2.35. The molecule has 0 spiro atoms. The quantitative estimate of drug-likeness (QED) is 0.636. The predicted molar refractivity (Wildman–Crippen MR) is 63.4 cm³/mol. The Kier molecular flexibility index (Phi) is 4.43. The smallest absolute Gasteiger partial charge is 0.337 e. The van der Waals surface area contributed by atoms with Gasteiger partial charge in [0.05, 0.1) is 17.0 Å². The van der Waals surface area contributed by atoms with E-state index in [1.54, 1.807) is 6.07 Å². The summed E-state index contributed by atoms with van der Waals surface area (Å²) in [6.45, 7) is 1.50. The van der Waals surface area contributed by atoms with Crippen molar-refractivity contribution in [1.82, 2.24) is 0 Å². The number of benzene rings is 1. The van der Waals surface area contributed by atoms with E-state index in [2.05, 4.69) is 0 Å². The first-order chi connectivity index (χ1) is 8.38. The highest BCUT2D eigenvalue weighted by molar-refractivity contribution is 6.33. The number of ketones is 1. The summed E-state index contributed by atoms with van der Waals surface area (Å²) in [6, 6.07) is 5.55. The highest BCUT2D eigenvalue weighted by Gasteiger charge is 2.21. The third-order valence-corrected chi connectivity index (χ3v) is 2.55. The summed E-state index contributed by atoms with van der Waals surface area (Å²) in [5, 5.41) is 26.2. The van der Waals surface area contributed by atoms with Crippen molar-refractivity contribution < 1.29 is 19.8 Å². The van der Waals surface area contributed by atoms with E-state index in [4.69, 9.17) is 22.0 Å². The number of carboxylic acid groups (broad SMARTS) is 1. The first-order valence-corrected chi connectivity index (χ1v) is 5.45. The van der Waals surface area contributed by atoms with Crippen LogP contribution in [0.1, 0.15) is 34.5 Å². The lowest BCUT2D eigenvalue weighted by molar-refractivity contribution is -0.146. The molecule has 18 heavy (non-hydrogen) atoms. The Hall–Kier alpha value is -1.90. The van der Waals surface area contributed by atoms with Gasteiger partial charge in [0.1, 0.15) is 0 Å². The van der Waals surface area contributed by atoms with Crippen LogP contribution in [0.25, 0.3) is 0 Å². The molecule has 1 aromatic carbocycles. The van der Waals surface area contributed by atoms with Crippen LogP contribution in [-0.2, 0) is 4.79 Å². The molecule has 2 atom stereocenters. The zero-order valence-electron chi connectivity index (χ0n) is 9.42. The van der Waals surface area contributed by atoms with Crippen LogP contribution in [0.2, 0.25) is 0 Å². The maximum atomic E-state index is 11.6. The van der Waals surface area contributed by atoms with Gasteiger partial charge in [-0.1, -0.05) is 12.1 Å². The van der Waals surface area contributed by atoms with Crippen LogP contribution in [0.5, 0.6) is 0 Å². The number of carboxylic acids is 1. The van der Waals surface area contributed by atoms with E-state index in [1.807, 2.05) is 0 Å². The van der Waals surface area contributed by atoms with Crippen LogP contribution in [0, 0.1) is 11.3 Å². The molecule has 0 aliphatic carbocycles. The second-order valence-electron chi connectivity index (χ2n) is 3.63. The Balaban J connectivity index is 3.25. The minimum Gasteiger partial charge on any atom is -0.479 e. The number of carbonyl (C=O) groups excluding carboxylic acids is 1. The summed E-state index contributed by atoms with van der Waals surface area (Å²) in [6.07, 6.45) is -1.79. The van der Waals surface area contributed by atoms with Crippen LogP contribution in [0.4, 0.5) is 0 Å². The third kappa shape index (κ3) is 2.86. The zero-order valence-corrected chi connectivity index (χ0v) is 10.2. The lowest BCUT2D eigenvalue weighted by Gasteiger charge is -2.10. The Labute approximate surface area is 108 Å². The maximum Gasteiger partial charge on any atom is 0.337 e. The van der Waals surface area contributed by atoms with Gasteiger partial charge < -0.3 is 10.2 Å². The molecule has 0 bridgehead atoms. The van der Waals surface area contributed by atoms with Crippen molar-refractivity contribution in [3.8, 4) is 6.07 Å². The molecule has 0 aliphatic rings. The van der Waals surface area contributed by atoms with Crippen LogP contribution >= 0.6 is 11.6 Å². The van der Waals surface area contributed by atoms with E-state index >= 15 is 0 Å². The fraction of sp³-hybridized carbons (Fsp3) is 0.250. The van der Waals surface area contributed by atoms with Gasteiger partial charge in [0.25, 0.3) is 0 Å². The minimum atomic E-state index is -1.79. The van der Waals surface area contributed by atoms with Crippen molar-refractivity contribution in [3.05, 3.63) is 34.9 Å². The number of hydrogen-bond acceptors (Lipinski definition) is 4. The van der Waals surface area contributed by atoms with Crippen molar-refractivity contribution >= 4 is 23.4 Å². The molecule has 0 aliphatic heterocycles. The molecule has 0 heterocycles. The van der Waals surface area contributed by atoms with E-state index in [0.717, 1.165) is 0 Å². The maximum absolute atomic E-state index is 11.6. The molecule has 94 valence electrons. The second kappa shape index (κ2) is 5.63. The fourth-order valence-electron chi connectivity index (χ4n) is 1.41. The molecule has 0 radical (unpaired) electrons. The Morgan fingerprint density at radius 2 is 2.06 bits per heavy atom.